The van der Waals surface area contributed by atoms with Crippen LogP contribution in [0.1, 0.15) is 13.3 Å². The van der Waals surface area contributed by atoms with Gasteiger partial charge in [-0.25, -0.2) is 0 Å². The first kappa shape index (κ1) is 11.9. The molecule has 0 radical (unpaired) electrons. The SMILES string of the molecule is CC(CC(=O)O)S(=O)CCn1cccn1. The molecule has 0 aliphatic heterocycles. The third kappa shape index (κ3) is 4.24. The van der Waals surface area contributed by atoms with Crippen LogP contribution in [0.3, 0.4) is 0 Å². The zero-order chi connectivity index (χ0) is 11.3. The third-order valence-electron chi connectivity index (χ3n) is 1.99. The number of aromatic nitrogens is 2. The topological polar surface area (TPSA) is 72.2 Å². The average molecular weight is 230 g/mol. The van der Waals surface area contributed by atoms with Crippen molar-refractivity contribution in [3.05, 3.63) is 18.5 Å². The molecule has 1 aromatic heterocycles. The number of nitrogens with zero attached hydrogens (tertiary/aromatic N) is 2. The van der Waals surface area contributed by atoms with E-state index in [4.69, 9.17) is 5.11 Å². The molecule has 6 heteroatoms. The molecule has 0 bridgehead atoms. The van der Waals surface area contributed by atoms with Crippen LogP contribution in [0.25, 0.3) is 0 Å². The fourth-order valence-corrected chi connectivity index (χ4v) is 2.25. The standard InChI is InChI=1S/C9H14N2O3S/c1-8(7-9(12)13)15(14)6-5-11-4-2-3-10-11/h2-4,8H,5-7H2,1H3,(H,12,13). The Bertz CT molecular complexity index is 337. The highest BCUT2D eigenvalue weighted by atomic mass is 32.2. The fourth-order valence-electron chi connectivity index (χ4n) is 1.16. The average Bonchev–Trinajstić information content (AvgIpc) is 2.65. The van der Waals surface area contributed by atoms with Gasteiger partial charge in [-0.1, -0.05) is 6.92 Å². The number of carboxylic acid groups (broad SMARTS) is 1. The molecule has 0 aliphatic rings. The fraction of sp³-hybridized carbons (Fsp3) is 0.556. The van der Waals surface area contributed by atoms with Gasteiger partial charge in [0.1, 0.15) is 0 Å². The van der Waals surface area contributed by atoms with Gasteiger partial charge < -0.3 is 5.11 Å². The number of hydrogen-bond acceptors (Lipinski definition) is 3. The van der Waals surface area contributed by atoms with Crippen molar-refractivity contribution in [2.24, 2.45) is 0 Å². The smallest absolute Gasteiger partial charge is 0.304 e. The molecule has 0 aromatic carbocycles. The second-order valence-electron chi connectivity index (χ2n) is 3.26. The first-order valence-corrected chi connectivity index (χ1v) is 6.04. The molecule has 1 N–H and O–H groups in total. The number of hydrogen-bond donors (Lipinski definition) is 1. The lowest BCUT2D eigenvalue weighted by Gasteiger charge is -2.08. The van der Waals surface area contributed by atoms with Gasteiger partial charge in [0, 0.05) is 34.2 Å². The molecule has 0 spiro atoms. The molecule has 1 heterocycles. The van der Waals surface area contributed by atoms with E-state index in [1.54, 1.807) is 30.1 Å². The number of aliphatic carboxylic acids is 1. The van der Waals surface area contributed by atoms with Crippen LogP contribution >= 0.6 is 0 Å². The number of carbonyl (C=O) groups is 1. The predicted octanol–water partition coefficient (Wildman–Crippen LogP) is 0.495. The van der Waals surface area contributed by atoms with Crippen molar-refractivity contribution in [1.82, 2.24) is 9.78 Å². The molecule has 0 aliphatic carbocycles. The lowest BCUT2D eigenvalue weighted by Crippen LogP contribution is -2.20. The Morgan fingerprint density at radius 3 is 2.93 bits per heavy atom. The van der Waals surface area contributed by atoms with Gasteiger partial charge in [0.05, 0.1) is 13.0 Å². The number of aryl methyl sites for hydroxylation is 1. The minimum absolute atomic E-state index is 0.0499. The maximum absolute atomic E-state index is 11.6. The quantitative estimate of drug-likeness (QED) is 0.772. The van der Waals surface area contributed by atoms with Crippen molar-refractivity contribution in [3.8, 4) is 0 Å². The molecular formula is C9H14N2O3S. The van der Waals surface area contributed by atoms with Crippen molar-refractivity contribution in [3.63, 3.8) is 0 Å². The minimum atomic E-state index is -1.11. The van der Waals surface area contributed by atoms with E-state index in [1.807, 2.05) is 0 Å². The Morgan fingerprint density at radius 1 is 1.67 bits per heavy atom. The number of rotatable bonds is 6. The van der Waals surface area contributed by atoms with Crippen molar-refractivity contribution in [2.45, 2.75) is 25.1 Å². The summed E-state index contributed by atoms with van der Waals surface area (Å²) in [5, 5.41) is 12.2. The lowest BCUT2D eigenvalue weighted by atomic mass is 10.3. The maximum Gasteiger partial charge on any atom is 0.304 e. The van der Waals surface area contributed by atoms with Crippen LogP contribution in [0.4, 0.5) is 0 Å². The van der Waals surface area contributed by atoms with Gasteiger partial charge in [-0.15, -0.1) is 0 Å². The molecule has 1 aromatic rings. The van der Waals surface area contributed by atoms with Gasteiger partial charge in [0.25, 0.3) is 0 Å². The maximum atomic E-state index is 11.6. The molecule has 15 heavy (non-hydrogen) atoms. The van der Waals surface area contributed by atoms with Crippen molar-refractivity contribution in [1.29, 1.82) is 0 Å². The Morgan fingerprint density at radius 2 is 2.40 bits per heavy atom. The summed E-state index contributed by atoms with van der Waals surface area (Å²) in [7, 11) is -1.11. The zero-order valence-corrected chi connectivity index (χ0v) is 9.31. The molecule has 5 nitrogen and oxygen atoms in total. The summed E-state index contributed by atoms with van der Waals surface area (Å²) in [4.78, 5) is 10.4. The van der Waals surface area contributed by atoms with Crippen LogP contribution in [0.2, 0.25) is 0 Å². The lowest BCUT2D eigenvalue weighted by molar-refractivity contribution is -0.136. The van der Waals surface area contributed by atoms with Crippen molar-refractivity contribution < 1.29 is 14.1 Å². The molecule has 2 unspecified atom stereocenters. The van der Waals surface area contributed by atoms with Crippen LogP contribution in [-0.4, -0.2) is 36.1 Å². The molecule has 0 saturated carbocycles. The summed E-state index contributed by atoms with van der Waals surface area (Å²) in [5.74, 6) is -0.467. The van der Waals surface area contributed by atoms with Crippen LogP contribution in [-0.2, 0) is 22.1 Å². The van der Waals surface area contributed by atoms with E-state index in [0.717, 1.165) is 0 Å². The molecule has 2 atom stereocenters. The molecule has 0 fully saturated rings. The molecule has 1 rings (SSSR count). The summed E-state index contributed by atoms with van der Waals surface area (Å²) in [6.45, 7) is 2.25. The Kier molecular flexibility index (Phi) is 4.48. The van der Waals surface area contributed by atoms with E-state index in [0.29, 0.717) is 12.3 Å². The van der Waals surface area contributed by atoms with E-state index in [1.165, 1.54) is 0 Å². The molecule has 0 amide bonds. The van der Waals surface area contributed by atoms with Gasteiger partial charge in [-0.3, -0.25) is 13.7 Å². The highest BCUT2D eigenvalue weighted by Crippen LogP contribution is 2.02. The predicted molar refractivity (Wildman–Crippen MR) is 57.0 cm³/mol. The molecule has 84 valence electrons. The van der Waals surface area contributed by atoms with Crippen LogP contribution < -0.4 is 0 Å². The first-order valence-electron chi connectivity index (χ1n) is 4.66. The summed E-state index contributed by atoms with van der Waals surface area (Å²) >= 11 is 0. The summed E-state index contributed by atoms with van der Waals surface area (Å²) in [5.41, 5.74) is 0. The van der Waals surface area contributed by atoms with Gasteiger partial charge in [-0.05, 0) is 6.07 Å². The third-order valence-corrected chi connectivity index (χ3v) is 3.64. The van der Waals surface area contributed by atoms with Crippen LogP contribution in [0.5, 0.6) is 0 Å². The van der Waals surface area contributed by atoms with E-state index < -0.39 is 16.8 Å². The molecular weight excluding hydrogens is 216 g/mol. The summed E-state index contributed by atoms with van der Waals surface area (Å²) in [6.07, 6.45) is 3.40. The van der Waals surface area contributed by atoms with Crippen molar-refractivity contribution in [2.75, 3.05) is 5.75 Å². The monoisotopic (exact) mass is 230 g/mol. The van der Waals surface area contributed by atoms with Crippen LogP contribution in [0, 0.1) is 0 Å². The van der Waals surface area contributed by atoms with Gasteiger partial charge in [-0.2, -0.15) is 5.10 Å². The molecule has 0 saturated heterocycles. The second-order valence-corrected chi connectivity index (χ2v) is 5.24. The van der Waals surface area contributed by atoms with E-state index >= 15 is 0 Å². The Hall–Kier alpha value is -1.17. The highest BCUT2D eigenvalue weighted by Gasteiger charge is 2.14. The van der Waals surface area contributed by atoms with E-state index in [-0.39, 0.29) is 11.7 Å². The normalized spacial score (nSPS) is 14.7. The Balaban J connectivity index is 2.32. The Labute approximate surface area is 90.6 Å². The largest absolute Gasteiger partial charge is 0.481 e. The van der Waals surface area contributed by atoms with Gasteiger partial charge in [0.15, 0.2) is 0 Å². The highest BCUT2D eigenvalue weighted by molar-refractivity contribution is 7.85. The minimum Gasteiger partial charge on any atom is -0.481 e. The van der Waals surface area contributed by atoms with Crippen LogP contribution in [0.15, 0.2) is 18.5 Å². The van der Waals surface area contributed by atoms with E-state index in [2.05, 4.69) is 5.10 Å². The van der Waals surface area contributed by atoms with E-state index in [9.17, 15) is 9.00 Å². The van der Waals surface area contributed by atoms with Gasteiger partial charge >= 0.3 is 5.97 Å². The summed E-state index contributed by atoms with van der Waals surface area (Å²) < 4.78 is 13.3. The number of carboxylic acids is 1. The zero-order valence-electron chi connectivity index (χ0n) is 8.50. The summed E-state index contributed by atoms with van der Waals surface area (Å²) in [6, 6.07) is 1.80. The van der Waals surface area contributed by atoms with Gasteiger partial charge in [0.2, 0.25) is 0 Å². The first-order chi connectivity index (χ1) is 7.09. The van der Waals surface area contributed by atoms with Crippen molar-refractivity contribution >= 4 is 16.8 Å². The second kappa shape index (κ2) is 5.65.